The molecule has 2 aromatic heterocycles. The van der Waals surface area contributed by atoms with Crippen molar-refractivity contribution in [1.82, 2.24) is 14.9 Å². The van der Waals surface area contributed by atoms with E-state index in [1.165, 1.54) is 0 Å². The van der Waals surface area contributed by atoms with Crippen LogP contribution in [-0.4, -0.2) is 59.3 Å². The zero-order valence-electron chi connectivity index (χ0n) is 20.0. The summed E-state index contributed by atoms with van der Waals surface area (Å²) in [5.41, 5.74) is 3.50. The van der Waals surface area contributed by atoms with Gasteiger partial charge in [-0.25, -0.2) is 4.98 Å². The van der Waals surface area contributed by atoms with Gasteiger partial charge in [-0.2, -0.15) is 15.2 Å². The third kappa shape index (κ3) is 5.38. The summed E-state index contributed by atoms with van der Waals surface area (Å²) in [5.74, 6) is 5.81. The Bertz CT molecular complexity index is 1220. The summed E-state index contributed by atoms with van der Waals surface area (Å²) in [5, 5.41) is 12.1. The summed E-state index contributed by atoms with van der Waals surface area (Å²) >= 11 is 0. The van der Waals surface area contributed by atoms with Crippen molar-refractivity contribution in [2.24, 2.45) is 26.6 Å². The van der Waals surface area contributed by atoms with Gasteiger partial charge in [0.05, 0.1) is 6.54 Å². The molecule has 0 aliphatic carbocycles. The summed E-state index contributed by atoms with van der Waals surface area (Å²) in [6.45, 7) is 11.1. The molecule has 0 spiro atoms. The van der Waals surface area contributed by atoms with E-state index >= 15 is 0 Å². The van der Waals surface area contributed by atoms with Crippen molar-refractivity contribution in [2.45, 2.75) is 27.7 Å². The molecule has 178 valence electrons. The van der Waals surface area contributed by atoms with E-state index in [2.05, 4.69) is 46.1 Å². The Hall–Kier alpha value is -3.82. The van der Waals surface area contributed by atoms with E-state index in [9.17, 15) is 4.79 Å². The number of benzene rings is 1. The third-order valence-electron chi connectivity index (χ3n) is 5.44. The predicted molar refractivity (Wildman–Crippen MR) is 131 cm³/mol. The van der Waals surface area contributed by atoms with Gasteiger partial charge in [0.25, 0.3) is 11.9 Å². The number of fused-ring (bicyclic) bond motifs is 1. The van der Waals surface area contributed by atoms with Crippen LogP contribution in [0.5, 0.6) is 0 Å². The molecule has 4 rings (SSSR count). The fraction of sp³-hybridized carbons (Fsp3) is 0.417. The molecule has 10 nitrogen and oxygen atoms in total. The predicted octanol–water partition coefficient (Wildman–Crippen LogP) is 3.61. The molecule has 1 amide bonds. The van der Waals surface area contributed by atoms with E-state index in [0.717, 1.165) is 5.69 Å². The van der Waals surface area contributed by atoms with Crippen molar-refractivity contribution < 1.29 is 9.21 Å². The number of nitrogens with two attached hydrogens (primary N) is 1. The van der Waals surface area contributed by atoms with Crippen LogP contribution in [-0.2, 0) is 0 Å². The number of oxazole rings is 1. The topological polar surface area (TPSA) is 126 Å². The normalized spacial score (nSPS) is 15.5. The lowest BCUT2D eigenvalue weighted by Crippen LogP contribution is -2.48. The fourth-order valence-corrected chi connectivity index (χ4v) is 3.55. The van der Waals surface area contributed by atoms with Crippen LogP contribution in [0.15, 0.2) is 56.1 Å². The molecule has 3 heterocycles. The molecule has 1 saturated heterocycles. The SMILES string of the molecule is Cc1ccc2oc(N3CCN(C(=O)c4ccc(C(N=NCC(C)(C)C)=NN)cc4)CC3)nc2n1. The zero-order chi connectivity index (χ0) is 24.3. The number of aromatic nitrogens is 2. The minimum absolute atomic E-state index is 0.0262. The van der Waals surface area contributed by atoms with Crippen LogP contribution in [0.4, 0.5) is 6.01 Å². The van der Waals surface area contributed by atoms with Crippen molar-refractivity contribution in [1.29, 1.82) is 0 Å². The van der Waals surface area contributed by atoms with Crippen molar-refractivity contribution in [3.8, 4) is 0 Å². The lowest BCUT2D eigenvalue weighted by molar-refractivity contribution is 0.0745. The molecule has 1 aliphatic rings. The molecule has 1 fully saturated rings. The second-order valence-electron chi connectivity index (χ2n) is 9.54. The average molecular weight is 463 g/mol. The third-order valence-corrected chi connectivity index (χ3v) is 5.44. The first kappa shape index (κ1) is 23.3. The van der Waals surface area contributed by atoms with Crippen LogP contribution in [0.3, 0.4) is 0 Å². The number of rotatable bonds is 4. The molecule has 0 radical (unpaired) electrons. The van der Waals surface area contributed by atoms with Crippen LogP contribution in [0.2, 0.25) is 0 Å². The van der Waals surface area contributed by atoms with Gasteiger partial charge >= 0.3 is 0 Å². The van der Waals surface area contributed by atoms with Gasteiger partial charge < -0.3 is 20.1 Å². The van der Waals surface area contributed by atoms with Gasteiger partial charge in [-0.1, -0.05) is 32.9 Å². The summed E-state index contributed by atoms with van der Waals surface area (Å²) in [6, 6.07) is 11.4. The maximum absolute atomic E-state index is 13.0. The van der Waals surface area contributed by atoms with Gasteiger partial charge in [-0.3, -0.25) is 4.79 Å². The number of amides is 1. The number of hydrogen-bond donors (Lipinski definition) is 1. The molecule has 3 aromatic rings. The molecule has 0 unspecified atom stereocenters. The minimum Gasteiger partial charge on any atom is -0.422 e. The number of nitrogens with zero attached hydrogens (tertiary/aromatic N) is 7. The first-order chi connectivity index (χ1) is 16.2. The van der Waals surface area contributed by atoms with Crippen molar-refractivity contribution in [3.63, 3.8) is 0 Å². The molecule has 0 saturated carbocycles. The molecule has 1 aliphatic heterocycles. The molecule has 10 heteroatoms. The van der Waals surface area contributed by atoms with E-state index in [4.69, 9.17) is 10.3 Å². The summed E-state index contributed by atoms with van der Waals surface area (Å²) in [4.78, 5) is 25.8. The Morgan fingerprint density at radius 1 is 1.03 bits per heavy atom. The molecule has 0 bridgehead atoms. The van der Waals surface area contributed by atoms with Gasteiger partial charge in [-0.15, -0.1) is 5.11 Å². The summed E-state index contributed by atoms with van der Waals surface area (Å²) in [7, 11) is 0. The van der Waals surface area contributed by atoms with Crippen LogP contribution >= 0.6 is 0 Å². The molecule has 2 N–H and O–H groups in total. The number of aryl methyl sites for hydroxylation is 1. The summed E-state index contributed by atoms with van der Waals surface area (Å²) in [6.07, 6.45) is 0. The Balaban J connectivity index is 1.37. The largest absolute Gasteiger partial charge is 0.422 e. The number of azo groups is 1. The number of pyridine rings is 1. The highest BCUT2D eigenvalue weighted by Gasteiger charge is 2.25. The van der Waals surface area contributed by atoms with E-state index < -0.39 is 0 Å². The number of carbonyl (C=O) groups is 1. The van der Waals surface area contributed by atoms with E-state index in [0.29, 0.717) is 66.9 Å². The lowest BCUT2D eigenvalue weighted by Gasteiger charge is -2.33. The standard InChI is InChI=1S/C24H30N8O2/c1-16-5-10-19-21(27-16)28-23(34-19)32-13-11-31(12-14-32)22(33)18-8-6-17(7-9-18)20(29-25)30-26-15-24(2,3)4/h5-10H,11-15,25H2,1-4H3. The van der Waals surface area contributed by atoms with E-state index in [-0.39, 0.29) is 11.3 Å². The lowest BCUT2D eigenvalue weighted by atomic mass is 9.98. The van der Waals surface area contributed by atoms with Gasteiger partial charge in [-0.05, 0) is 36.6 Å². The second kappa shape index (κ2) is 9.58. The van der Waals surface area contributed by atoms with Gasteiger partial charge in [0.1, 0.15) is 0 Å². The Morgan fingerprint density at radius 2 is 1.71 bits per heavy atom. The van der Waals surface area contributed by atoms with Gasteiger partial charge in [0.2, 0.25) is 5.65 Å². The van der Waals surface area contributed by atoms with Gasteiger partial charge in [0, 0.05) is 43.0 Å². The van der Waals surface area contributed by atoms with Crippen molar-refractivity contribution in [2.75, 3.05) is 37.6 Å². The second-order valence-corrected chi connectivity index (χ2v) is 9.54. The first-order valence-corrected chi connectivity index (χ1v) is 11.3. The van der Waals surface area contributed by atoms with Crippen molar-refractivity contribution >= 4 is 29.0 Å². The molecule has 34 heavy (non-hydrogen) atoms. The molecular formula is C24H30N8O2. The Morgan fingerprint density at radius 3 is 2.35 bits per heavy atom. The van der Waals surface area contributed by atoms with E-state index in [1.807, 2.05) is 28.9 Å². The highest BCUT2D eigenvalue weighted by molar-refractivity contribution is 6.00. The molecule has 1 aromatic carbocycles. The first-order valence-electron chi connectivity index (χ1n) is 11.3. The zero-order valence-corrected chi connectivity index (χ0v) is 20.0. The van der Waals surface area contributed by atoms with Crippen molar-refractivity contribution in [3.05, 3.63) is 53.2 Å². The average Bonchev–Trinajstić information content (AvgIpc) is 3.24. The Labute approximate surface area is 198 Å². The minimum atomic E-state index is -0.0262. The maximum Gasteiger partial charge on any atom is 0.300 e. The van der Waals surface area contributed by atoms with Crippen LogP contribution < -0.4 is 10.7 Å². The molecular weight excluding hydrogens is 432 g/mol. The number of carbonyl (C=O) groups excluding carboxylic acids is 1. The monoisotopic (exact) mass is 462 g/mol. The van der Waals surface area contributed by atoms with E-state index in [1.54, 1.807) is 24.3 Å². The number of hydrogen-bond acceptors (Lipinski definition) is 8. The molecule has 0 atom stereocenters. The number of hydrazone groups is 1. The fourth-order valence-electron chi connectivity index (χ4n) is 3.55. The number of amidine groups is 1. The van der Waals surface area contributed by atoms with Crippen LogP contribution in [0.1, 0.15) is 42.4 Å². The Kier molecular flexibility index (Phi) is 6.58. The maximum atomic E-state index is 13.0. The smallest absolute Gasteiger partial charge is 0.300 e. The number of piperazine rings is 1. The highest BCUT2D eigenvalue weighted by Crippen LogP contribution is 2.22. The number of anilines is 1. The van der Waals surface area contributed by atoms with Crippen LogP contribution in [0.25, 0.3) is 11.2 Å². The van der Waals surface area contributed by atoms with Crippen LogP contribution in [0, 0.1) is 12.3 Å². The summed E-state index contributed by atoms with van der Waals surface area (Å²) < 4.78 is 5.85. The highest BCUT2D eigenvalue weighted by atomic mass is 16.4. The van der Waals surface area contributed by atoms with Gasteiger partial charge in [0.15, 0.2) is 11.4 Å². The quantitative estimate of drug-likeness (QED) is 0.208.